The Morgan fingerprint density at radius 2 is 1.81 bits per heavy atom. The molecule has 2 aliphatic rings. The predicted octanol–water partition coefficient (Wildman–Crippen LogP) is 2.58. The number of nitrogens with zero attached hydrogens (tertiary/aromatic N) is 1. The van der Waals surface area contributed by atoms with Crippen LogP contribution in [0.3, 0.4) is 0 Å². The molecule has 2 fully saturated rings. The molecule has 4 heteroatoms. The number of rotatable bonds is 4. The number of hydrogen-bond acceptors (Lipinski definition) is 4. The smallest absolute Gasteiger partial charge is 0.168 e. The highest BCUT2D eigenvalue weighted by atomic mass is 16.7. The Hall–Kier alpha value is -1.41. The van der Waals surface area contributed by atoms with Crippen LogP contribution < -0.4 is 5.32 Å². The molecule has 0 radical (unpaired) electrons. The van der Waals surface area contributed by atoms with Gasteiger partial charge in [0.15, 0.2) is 5.79 Å². The Labute approximate surface area is 126 Å². The zero-order valence-electron chi connectivity index (χ0n) is 12.3. The van der Waals surface area contributed by atoms with Crippen LogP contribution in [0.15, 0.2) is 24.3 Å². The predicted molar refractivity (Wildman–Crippen MR) is 79.5 cm³/mol. The van der Waals surface area contributed by atoms with Crippen molar-refractivity contribution in [2.75, 3.05) is 19.8 Å². The zero-order valence-corrected chi connectivity index (χ0v) is 12.3. The third-order valence-corrected chi connectivity index (χ3v) is 4.53. The normalized spacial score (nSPS) is 21.5. The summed E-state index contributed by atoms with van der Waals surface area (Å²) in [6.07, 6.45) is 4.38. The maximum Gasteiger partial charge on any atom is 0.168 e. The zero-order chi connectivity index (χ0) is 14.5. The van der Waals surface area contributed by atoms with Crippen molar-refractivity contribution in [1.29, 1.82) is 5.26 Å². The fraction of sp³-hybridized carbons (Fsp3) is 0.588. The fourth-order valence-corrected chi connectivity index (χ4v) is 3.22. The summed E-state index contributed by atoms with van der Waals surface area (Å²) in [6.45, 7) is 3.40. The molecule has 1 N–H and O–H groups in total. The summed E-state index contributed by atoms with van der Waals surface area (Å²) in [7, 11) is 0. The summed E-state index contributed by atoms with van der Waals surface area (Å²) in [6, 6.07) is 9.92. The first kappa shape index (κ1) is 14.5. The topological polar surface area (TPSA) is 54.3 Å². The van der Waals surface area contributed by atoms with Gasteiger partial charge in [0.2, 0.25) is 0 Å². The molecular formula is C17H22N2O2. The largest absolute Gasteiger partial charge is 0.348 e. The molecule has 0 unspecified atom stereocenters. The van der Waals surface area contributed by atoms with Gasteiger partial charge in [0.05, 0.1) is 24.8 Å². The summed E-state index contributed by atoms with van der Waals surface area (Å²) in [5.41, 5.74) is 1.94. The van der Waals surface area contributed by atoms with Crippen molar-refractivity contribution in [2.45, 2.75) is 38.0 Å². The van der Waals surface area contributed by atoms with Crippen LogP contribution in [0.5, 0.6) is 0 Å². The van der Waals surface area contributed by atoms with Crippen molar-refractivity contribution in [3.63, 3.8) is 0 Å². The van der Waals surface area contributed by atoms with E-state index in [1.54, 1.807) is 0 Å². The number of benzene rings is 1. The summed E-state index contributed by atoms with van der Waals surface area (Å²) >= 11 is 0. The van der Waals surface area contributed by atoms with Gasteiger partial charge in [-0.3, -0.25) is 0 Å². The van der Waals surface area contributed by atoms with Crippen LogP contribution >= 0.6 is 0 Å². The second-order valence-electron chi connectivity index (χ2n) is 5.99. The van der Waals surface area contributed by atoms with Crippen LogP contribution in [-0.4, -0.2) is 25.5 Å². The van der Waals surface area contributed by atoms with E-state index in [1.165, 1.54) is 18.4 Å². The molecule has 21 heavy (non-hydrogen) atoms. The van der Waals surface area contributed by atoms with Gasteiger partial charge in [0.1, 0.15) is 0 Å². The molecule has 1 saturated carbocycles. The first-order valence-corrected chi connectivity index (χ1v) is 7.77. The monoisotopic (exact) mass is 286 g/mol. The first-order valence-electron chi connectivity index (χ1n) is 7.77. The molecular weight excluding hydrogens is 264 g/mol. The second-order valence-corrected chi connectivity index (χ2v) is 5.99. The molecule has 4 nitrogen and oxygen atoms in total. The highest BCUT2D eigenvalue weighted by Crippen LogP contribution is 2.37. The molecule has 0 amide bonds. The van der Waals surface area contributed by atoms with Gasteiger partial charge in [0, 0.05) is 19.4 Å². The third kappa shape index (κ3) is 3.62. The maximum atomic E-state index is 8.78. The van der Waals surface area contributed by atoms with Crippen molar-refractivity contribution in [3.05, 3.63) is 35.4 Å². The molecule has 3 rings (SSSR count). The Balaban J connectivity index is 1.39. The van der Waals surface area contributed by atoms with E-state index >= 15 is 0 Å². The fourth-order valence-electron chi connectivity index (χ4n) is 3.22. The second kappa shape index (κ2) is 6.57. The molecule has 1 aromatic carbocycles. The van der Waals surface area contributed by atoms with Crippen LogP contribution in [-0.2, 0) is 16.0 Å². The number of ether oxygens (including phenoxy) is 2. The van der Waals surface area contributed by atoms with Gasteiger partial charge in [-0.15, -0.1) is 0 Å². The van der Waals surface area contributed by atoms with E-state index in [2.05, 4.69) is 11.4 Å². The van der Waals surface area contributed by atoms with Crippen LogP contribution in [0.4, 0.5) is 0 Å². The molecule has 1 saturated heterocycles. The lowest BCUT2D eigenvalue weighted by molar-refractivity contribution is -0.182. The quantitative estimate of drug-likeness (QED) is 0.924. The van der Waals surface area contributed by atoms with E-state index in [0.29, 0.717) is 11.5 Å². The molecule has 1 heterocycles. The highest BCUT2D eigenvalue weighted by Gasteiger charge is 2.39. The lowest BCUT2D eigenvalue weighted by Gasteiger charge is -2.35. The van der Waals surface area contributed by atoms with Crippen molar-refractivity contribution in [2.24, 2.45) is 5.92 Å². The number of nitriles is 1. The molecule has 1 spiro atoms. The van der Waals surface area contributed by atoms with Gasteiger partial charge >= 0.3 is 0 Å². The van der Waals surface area contributed by atoms with E-state index in [4.69, 9.17) is 14.7 Å². The van der Waals surface area contributed by atoms with E-state index in [0.717, 1.165) is 39.1 Å². The minimum absolute atomic E-state index is 0.246. The summed E-state index contributed by atoms with van der Waals surface area (Å²) in [5.74, 6) is 0.464. The van der Waals surface area contributed by atoms with Crippen molar-refractivity contribution in [1.82, 2.24) is 5.32 Å². The van der Waals surface area contributed by atoms with Crippen LogP contribution in [0.1, 0.15) is 36.8 Å². The Kier molecular flexibility index (Phi) is 4.54. The molecule has 1 aliphatic carbocycles. The minimum atomic E-state index is -0.246. The molecule has 0 bridgehead atoms. The molecule has 0 aromatic heterocycles. The third-order valence-electron chi connectivity index (χ3n) is 4.53. The maximum absolute atomic E-state index is 8.78. The van der Waals surface area contributed by atoms with Gasteiger partial charge in [0.25, 0.3) is 0 Å². The Bertz CT molecular complexity index is 491. The van der Waals surface area contributed by atoms with E-state index in [-0.39, 0.29) is 5.79 Å². The van der Waals surface area contributed by atoms with Crippen molar-refractivity contribution < 1.29 is 9.47 Å². The van der Waals surface area contributed by atoms with Crippen molar-refractivity contribution >= 4 is 0 Å². The molecule has 112 valence electrons. The SMILES string of the molecule is N#Cc1ccc(CNCC2CCC3(CC2)OCCO3)cc1. The van der Waals surface area contributed by atoms with Gasteiger partial charge in [-0.1, -0.05) is 12.1 Å². The lowest BCUT2D eigenvalue weighted by Crippen LogP contribution is -2.37. The van der Waals surface area contributed by atoms with E-state index in [1.807, 2.05) is 24.3 Å². The van der Waals surface area contributed by atoms with Crippen LogP contribution in [0.25, 0.3) is 0 Å². The average molecular weight is 286 g/mol. The Morgan fingerprint density at radius 3 is 2.43 bits per heavy atom. The van der Waals surface area contributed by atoms with Gasteiger partial charge in [-0.05, 0) is 43.0 Å². The summed E-state index contributed by atoms with van der Waals surface area (Å²) in [4.78, 5) is 0. The number of hydrogen-bond donors (Lipinski definition) is 1. The summed E-state index contributed by atoms with van der Waals surface area (Å²) < 4.78 is 11.5. The lowest BCUT2D eigenvalue weighted by atomic mass is 9.85. The number of nitrogens with one attached hydrogen (secondary N) is 1. The van der Waals surface area contributed by atoms with Crippen molar-refractivity contribution in [3.8, 4) is 6.07 Å². The molecule has 1 aliphatic heterocycles. The first-order chi connectivity index (χ1) is 10.3. The molecule has 1 aromatic rings. The van der Waals surface area contributed by atoms with Gasteiger partial charge < -0.3 is 14.8 Å². The minimum Gasteiger partial charge on any atom is -0.348 e. The highest BCUT2D eigenvalue weighted by molar-refractivity contribution is 5.31. The van der Waals surface area contributed by atoms with Crippen LogP contribution in [0, 0.1) is 17.2 Å². The van der Waals surface area contributed by atoms with Crippen LogP contribution in [0.2, 0.25) is 0 Å². The van der Waals surface area contributed by atoms with E-state index < -0.39 is 0 Å². The standard InChI is InChI=1S/C17H22N2O2/c18-11-14-1-3-15(4-2-14)12-19-13-16-5-7-17(8-6-16)20-9-10-21-17/h1-4,16,19H,5-10,12-13H2. The average Bonchev–Trinajstić information content (AvgIpc) is 2.98. The van der Waals surface area contributed by atoms with Gasteiger partial charge in [-0.25, -0.2) is 0 Å². The van der Waals surface area contributed by atoms with E-state index in [9.17, 15) is 0 Å². The Morgan fingerprint density at radius 1 is 1.14 bits per heavy atom. The van der Waals surface area contributed by atoms with Gasteiger partial charge in [-0.2, -0.15) is 5.26 Å². The summed E-state index contributed by atoms with van der Waals surface area (Å²) in [5, 5.41) is 12.3. The molecule has 0 atom stereocenters.